The van der Waals surface area contributed by atoms with Gasteiger partial charge in [-0.05, 0) is 45.3 Å². The molecule has 0 saturated carbocycles. The van der Waals surface area contributed by atoms with Crippen LogP contribution in [0.15, 0.2) is 0 Å². The van der Waals surface area contributed by atoms with Gasteiger partial charge >= 0.3 is 0 Å². The van der Waals surface area contributed by atoms with E-state index in [0.29, 0.717) is 6.04 Å². The fourth-order valence-corrected chi connectivity index (χ4v) is 2.23. The molecule has 1 aliphatic rings. The van der Waals surface area contributed by atoms with E-state index in [-0.39, 0.29) is 0 Å². The van der Waals surface area contributed by atoms with Crippen LogP contribution in [0.4, 0.5) is 0 Å². The number of nitrogens with two attached hydrogens (primary N) is 1. The van der Waals surface area contributed by atoms with Gasteiger partial charge < -0.3 is 10.6 Å². The van der Waals surface area contributed by atoms with Gasteiger partial charge in [-0.2, -0.15) is 0 Å². The molecule has 1 aliphatic heterocycles. The summed E-state index contributed by atoms with van der Waals surface area (Å²) in [4.78, 5) is 2.56. The van der Waals surface area contributed by atoms with Gasteiger partial charge in [-0.25, -0.2) is 0 Å². The van der Waals surface area contributed by atoms with E-state index in [1.54, 1.807) is 0 Å². The highest BCUT2D eigenvalue weighted by molar-refractivity contribution is 4.79. The van der Waals surface area contributed by atoms with Crippen LogP contribution in [0.1, 0.15) is 33.1 Å². The Morgan fingerprint density at radius 3 is 2.75 bits per heavy atom. The third-order valence-corrected chi connectivity index (χ3v) is 3.24. The van der Waals surface area contributed by atoms with Crippen molar-refractivity contribution in [2.45, 2.75) is 39.2 Å². The maximum atomic E-state index is 5.75. The maximum Gasteiger partial charge on any atom is 0.0107 e. The molecule has 0 spiro atoms. The zero-order chi connectivity index (χ0) is 8.97. The van der Waals surface area contributed by atoms with Crippen LogP contribution >= 0.6 is 0 Å². The van der Waals surface area contributed by atoms with Gasteiger partial charge in [0.15, 0.2) is 0 Å². The molecular weight excluding hydrogens is 148 g/mol. The molecule has 1 rings (SSSR count). The Labute approximate surface area is 76.1 Å². The van der Waals surface area contributed by atoms with Gasteiger partial charge in [0.25, 0.3) is 0 Å². The summed E-state index contributed by atoms with van der Waals surface area (Å²) in [6, 6.07) is 0.697. The zero-order valence-electron chi connectivity index (χ0n) is 8.42. The predicted molar refractivity (Wildman–Crippen MR) is 53.1 cm³/mol. The van der Waals surface area contributed by atoms with Crippen molar-refractivity contribution in [1.82, 2.24) is 4.90 Å². The maximum absolute atomic E-state index is 5.75. The van der Waals surface area contributed by atoms with Gasteiger partial charge in [-0.3, -0.25) is 0 Å². The lowest BCUT2D eigenvalue weighted by Gasteiger charge is -2.30. The molecule has 2 atom stereocenters. The summed E-state index contributed by atoms with van der Waals surface area (Å²) in [6.07, 6.45) is 4.05. The van der Waals surface area contributed by atoms with E-state index in [1.807, 2.05) is 0 Å². The van der Waals surface area contributed by atoms with Crippen LogP contribution in [0.5, 0.6) is 0 Å². The van der Waals surface area contributed by atoms with Crippen molar-refractivity contribution in [3.05, 3.63) is 0 Å². The molecule has 0 aromatic heterocycles. The van der Waals surface area contributed by atoms with Gasteiger partial charge in [0.1, 0.15) is 0 Å². The smallest absolute Gasteiger partial charge is 0.0107 e. The topological polar surface area (TPSA) is 29.3 Å². The summed E-state index contributed by atoms with van der Waals surface area (Å²) in [6.45, 7) is 7.88. The Hall–Kier alpha value is -0.0800. The standard InChI is InChI=1S/C10H22N2/c1-3-12-7-5-4-6-10(8-11)9(12)2/h9-10H,3-8,11H2,1-2H3/t9-,10-/m1/s1. The fourth-order valence-electron chi connectivity index (χ4n) is 2.23. The number of hydrogen-bond acceptors (Lipinski definition) is 2. The molecule has 12 heavy (non-hydrogen) atoms. The predicted octanol–water partition coefficient (Wildman–Crippen LogP) is 1.46. The lowest BCUT2D eigenvalue weighted by atomic mass is 9.96. The Morgan fingerprint density at radius 2 is 2.17 bits per heavy atom. The zero-order valence-corrected chi connectivity index (χ0v) is 8.42. The van der Waals surface area contributed by atoms with Crippen LogP contribution in [0.3, 0.4) is 0 Å². The number of nitrogens with zero attached hydrogens (tertiary/aromatic N) is 1. The normalized spacial score (nSPS) is 33.2. The number of hydrogen-bond donors (Lipinski definition) is 1. The minimum Gasteiger partial charge on any atom is -0.330 e. The van der Waals surface area contributed by atoms with Gasteiger partial charge in [-0.1, -0.05) is 13.3 Å². The average Bonchev–Trinajstić information content (AvgIpc) is 2.27. The molecule has 2 N–H and O–H groups in total. The van der Waals surface area contributed by atoms with Crippen LogP contribution < -0.4 is 5.73 Å². The second-order valence-electron chi connectivity index (χ2n) is 3.86. The van der Waals surface area contributed by atoms with Crippen molar-refractivity contribution in [1.29, 1.82) is 0 Å². The van der Waals surface area contributed by atoms with Crippen LogP contribution in [0, 0.1) is 5.92 Å². The van der Waals surface area contributed by atoms with Gasteiger partial charge in [0.05, 0.1) is 0 Å². The van der Waals surface area contributed by atoms with E-state index in [9.17, 15) is 0 Å². The SMILES string of the molecule is CCN1CCCC[C@H](CN)[C@H]1C. The molecule has 0 aliphatic carbocycles. The first-order valence-corrected chi connectivity index (χ1v) is 5.23. The quantitative estimate of drug-likeness (QED) is 0.680. The molecule has 0 amide bonds. The Bertz CT molecular complexity index is 111. The molecule has 0 aromatic carbocycles. The highest BCUT2D eigenvalue weighted by atomic mass is 15.1. The highest BCUT2D eigenvalue weighted by Gasteiger charge is 2.23. The first-order valence-electron chi connectivity index (χ1n) is 5.23. The second-order valence-corrected chi connectivity index (χ2v) is 3.86. The summed E-state index contributed by atoms with van der Waals surface area (Å²) in [5.74, 6) is 0.729. The molecule has 0 unspecified atom stereocenters. The summed E-state index contributed by atoms with van der Waals surface area (Å²) >= 11 is 0. The molecule has 72 valence electrons. The summed E-state index contributed by atoms with van der Waals surface area (Å²) < 4.78 is 0. The molecule has 0 aromatic rings. The van der Waals surface area contributed by atoms with Crippen LogP contribution in [-0.2, 0) is 0 Å². The van der Waals surface area contributed by atoms with Gasteiger partial charge in [0, 0.05) is 6.04 Å². The monoisotopic (exact) mass is 170 g/mol. The Kier molecular flexibility index (Phi) is 4.02. The highest BCUT2D eigenvalue weighted by Crippen LogP contribution is 2.21. The first-order chi connectivity index (χ1) is 5.79. The van der Waals surface area contributed by atoms with E-state index in [2.05, 4.69) is 18.7 Å². The van der Waals surface area contributed by atoms with Crippen molar-refractivity contribution in [3.63, 3.8) is 0 Å². The molecule has 0 bridgehead atoms. The van der Waals surface area contributed by atoms with E-state index in [4.69, 9.17) is 5.73 Å². The van der Waals surface area contributed by atoms with Crippen molar-refractivity contribution in [3.8, 4) is 0 Å². The minimum atomic E-state index is 0.697. The van der Waals surface area contributed by atoms with Crippen LogP contribution in [0.2, 0.25) is 0 Å². The molecule has 2 nitrogen and oxygen atoms in total. The van der Waals surface area contributed by atoms with E-state index in [1.165, 1.54) is 32.4 Å². The van der Waals surface area contributed by atoms with Gasteiger partial charge in [0.2, 0.25) is 0 Å². The van der Waals surface area contributed by atoms with Crippen molar-refractivity contribution in [2.24, 2.45) is 11.7 Å². The Morgan fingerprint density at radius 1 is 1.42 bits per heavy atom. The summed E-state index contributed by atoms with van der Waals surface area (Å²) in [5.41, 5.74) is 5.75. The average molecular weight is 170 g/mol. The third-order valence-electron chi connectivity index (χ3n) is 3.24. The lowest BCUT2D eigenvalue weighted by molar-refractivity contribution is 0.181. The third kappa shape index (κ3) is 2.20. The summed E-state index contributed by atoms with van der Waals surface area (Å²) in [5, 5.41) is 0. The second kappa shape index (κ2) is 4.83. The largest absolute Gasteiger partial charge is 0.330 e. The van der Waals surface area contributed by atoms with E-state index < -0.39 is 0 Å². The van der Waals surface area contributed by atoms with E-state index in [0.717, 1.165) is 12.5 Å². The van der Waals surface area contributed by atoms with Crippen LogP contribution in [0.25, 0.3) is 0 Å². The molecular formula is C10H22N2. The van der Waals surface area contributed by atoms with E-state index >= 15 is 0 Å². The molecule has 0 radical (unpaired) electrons. The number of rotatable bonds is 2. The van der Waals surface area contributed by atoms with Crippen molar-refractivity contribution in [2.75, 3.05) is 19.6 Å². The lowest BCUT2D eigenvalue weighted by Crippen LogP contribution is -2.39. The number of likely N-dealkylation sites (tertiary alicyclic amines) is 1. The summed E-state index contributed by atoms with van der Waals surface area (Å²) in [7, 11) is 0. The molecule has 1 saturated heterocycles. The minimum absolute atomic E-state index is 0.697. The first kappa shape index (κ1) is 10.0. The molecule has 1 fully saturated rings. The van der Waals surface area contributed by atoms with Crippen molar-refractivity contribution >= 4 is 0 Å². The molecule has 2 heteroatoms. The fraction of sp³-hybridized carbons (Fsp3) is 1.00. The van der Waals surface area contributed by atoms with Crippen molar-refractivity contribution < 1.29 is 0 Å². The molecule has 1 heterocycles. The van der Waals surface area contributed by atoms with Gasteiger partial charge in [-0.15, -0.1) is 0 Å². The van der Waals surface area contributed by atoms with Crippen LogP contribution in [-0.4, -0.2) is 30.6 Å². The Balaban J connectivity index is 2.53.